The molecule has 1 fully saturated rings. The molecule has 2 amide bonds. The number of nitrogens with zero attached hydrogens (tertiary/aromatic N) is 2. The summed E-state index contributed by atoms with van der Waals surface area (Å²) < 4.78 is 49.5. The zero-order chi connectivity index (χ0) is 20.7. The molecule has 1 atom stereocenters. The van der Waals surface area contributed by atoms with Gasteiger partial charge in [0.05, 0.1) is 5.92 Å². The molecular weight excluding hydrogens is 377 g/mol. The smallest absolute Gasteiger partial charge is 0.406 e. The molecule has 3 rings (SSSR count). The Hall–Kier alpha value is -2.45. The van der Waals surface area contributed by atoms with Crippen molar-refractivity contribution < 1.29 is 32.2 Å². The van der Waals surface area contributed by atoms with E-state index in [9.17, 15) is 22.8 Å². The quantitative estimate of drug-likeness (QED) is 0.779. The maximum absolute atomic E-state index is 13.0. The number of rotatable bonds is 4. The zero-order valence-corrected chi connectivity index (χ0v) is 16.0. The van der Waals surface area contributed by atoms with Gasteiger partial charge in [0.25, 0.3) is 0 Å². The molecule has 0 aliphatic carbocycles. The van der Waals surface area contributed by atoms with Gasteiger partial charge in [0.15, 0.2) is 11.5 Å². The lowest BCUT2D eigenvalue weighted by atomic mass is 9.95. The second kappa shape index (κ2) is 7.18. The third-order valence-electron chi connectivity index (χ3n) is 4.49. The second-order valence-corrected chi connectivity index (χ2v) is 8.31. The lowest BCUT2D eigenvalue weighted by Crippen LogP contribution is -2.46. The van der Waals surface area contributed by atoms with Crippen LogP contribution in [0.1, 0.15) is 27.2 Å². The number of halogens is 3. The number of fused-ring (bicyclic) bond motifs is 1. The highest BCUT2D eigenvalue weighted by Gasteiger charge is 2.41. The first-order valence-electron chi connectivity index (χ1n) is 8.98. The SMILES string of the molecule is CC(C)(C)CN(CC(F)(F)F)C(=O)C1CC(=O)N(c2ccc3c(c2)OCO3)C1. The molecule has 0 saturated carbocycles. The molecular formula is C19H23F3N2O4. The minimum absolute atomic E-state index is 0.0375. The van der Waals surface area contributed by atoms with E-state index in [1.54, 1.807) is 39.0 Å². The number of amides is 2. The van der Waals surface area contributed by atoms with Crippen LogP contribution < -0.4 is 14.4 Å². The Balaban J connectivity index is 1.75. The number of carbonyl (C=O) groups excluding carboxylic acids is 2. The number of ether oxygens (including phenoxy) is 2. The standard InChI is InChI=1S/C19H23F3N2O4/c1-18(2,3)9-23(10-19(20,21)22)17(26)12-6-16(25)24(8-12)13-4-5-14-15(7-13)28-11-27-14/h4-5,7,12H,6,8-11H2,1-3H3. The van der Waals surface area contributed by atoms with Crippen LogP contribution in [0.5, 0.6) is 11.5 Å². The van der Waals surface area contributed by atoms with E-state index in [1.807, 2.05) is 0 Å². The van der Waals surface area contributed by atoms with Gasteiger partial charge in [0.2, 0.25) is 18.6 Å². The summed E-state index contributed by atoms with van der Waals surface area (Å²) in [6.07, 6.45) is -4.62. The Morgan fingerprint density at radius 1 is 1.18 bits per heavy atom. The highest BCUT2D eigenvalue weighted by Crippen LogP contribution is 2.37. The van der Waals surface area contributed by atoms with Crippen molar-refractivity contribution in [3.8, 4) is 11.5 Å². The molecule has 6 nitrogen and oxygen atoms in total. The minimum atomic E-state index is -4.50. The molecule has 28 heavy (non-hydrogen) atoms. The average molecular weight is 400 g/mol. The summed E-state index contributed by atoms with van der Waals surface area (Å²) in [7, 11) is 0. The molecule has 1 aromatic carbocycles. The normalized spacial score (nSPS) is 19.3. The van der Waals surface area contributed by atoms with E-state index >= 15 is 0 Å². The number of hydrogen-bond donors (Lipinski definition) is 0. The molecule has 1 aromatic rings. The molecule has 0 bridgehead atoms. The Morgan fingerprint density at radius 2 is 1.86 bits per heavy atom. The predicted octanol–water partition coefficient (Wildman–Crippen LogP) is 3.21. The minimum Gasteiger partial charge on any atom is -0.454 e. The van der Waals surface area contributed by atoms with Gasteiger partial charge in [-0.15, -0.1) is 0 Å². The van der Waals surface area contributed by atoms with Crippen LogP contribution in [0.25, 0.3) is 0 Å². The van der Waals surface area contributed by atoms with Gasteiger partial charge in [-0.25, -0.2) is 0 Å². The lowest BCUT2D eigenvalue weighted by Gasteiger charge is -2.32. The Kier molecular flexibility index (Phi) is 5.20. The van der Waals surface area contributed by atoms with E-state index in [-0.39, 0.29) is 32.2 Å². The first-order chi connectivity index (χ1) is 12.9. The zero-order valence-electron chi connectivity index (χ0n) is 16.0. The fourth-order valence-corrected chi connectivity index (χ4v) is 3.43. The van der Waals surface area contributed by atoms with Gasteiger partial charge >= 0.3 is 6.18 Å². The first kappa shape index (κ1) is 20.3. The van der Waals surface area contributed by atoms with Crippen molar-refractivity contribution in [2.24, 2.45) is 11.3 Å². The molecule has 0 aromatic heterocycles. The molecule has 0 radical (unpaired) electrons. The fraction of sp³-hybridized carbons (Fsp3) is 0.579. The first-order valence-corrected chi connectivity index (χ1v) is 8.98. The van der Waals surface area contributed by atoms with E-state index < -0.39 is 30.0 Å². The van der Waals surface area contributed by atoms with Crippen molar-refractivity contribution in [1.82, 2.24) is 4.90 Å². The molecule has 1 saturated heterocycles. The second-order valence-electron chi connectivity index (χ2n) is 8.31. The average Bonchev–Trinajstić information content (AvgIpc) is 3.16. The topological polar surface area (TPSA) is 59.1 Å². The summed E-state index contributed by atoms with van der Waals surface area (Å²) in [5.74, 6) is -0.720. The number of hydrogen-bond acceptors (Lipinski definition) is 4. The van der Waals surface area contributed by atoms with Crippen LogP contribution in [0.15, 0.2) is 18.2 Å². The van der Waals surface area contributed by atoms with Crippen LogP contribution in [0.4, 0.5) is 18.9 Å². The van der Waals surface area contributed by atoms with Crippen molar-refractivity contribution in [2.75, 3.05) is 31.3 Å². The van der Waals surface area contributed by atoms with Crippen LogP contribution >= 0.6 is 0 Å². The van der Waals surface area contributed by atoms with Gasteiger partial charge in [-0.1, -0.05) is 20.8 Å². The van der Waals surface area contributed by atoms with Crippen LogP contribution in [0.2, 0.25) is 0 Å². The third-order valence-corrected chi connectivity index (χ3v) is 4.49. The van der Waals surface area contributed by atoms with Gasteiger partial charge in [-0.2, -0.15) is 13.2 Å². The van der Waals surface area contributed by atoms with Gasteiger partial charge in [-0.05, 0) is 17.5 Å². The number of carbonyl (C=O) groups is 2. The highest BCUT2D eigenvalue weighted by molar-refractivity contribution is 6.00. The summed E-state index contributed by atoms with van der Waals surface area (Å²) in [5, 5.41) is 0. The van der Waals surface area contributed by atoms with Crippen LogP contribution in [0, 0.1) is 11.3 Å². The third kappa shape index (κ3) is 4.69. The number of anilines is 1. The van der Waals surface area contributed by atoms with Crippen LogP contribution in [0.3, 0.4) is 0 Å². The predicted molar refractivity (Wildman–Crippen MR) is 95.1 cm³/mol. The molecule has 2 aliphatic heterocycles. The van der Waals surface area contributed by atoms with E-state index in [0.717, 1.165) is 4.90 Å². The van der Waals surface area contributed by atoms with E-state index in [2.05, 4.69) is 0 Å². The van der Waals surface area contributed by atoms with Crippen LogP contribution in [-0.4, -0.2) is 49.3 Å². The molecule has 1 unspecified atom stereocenters. The number of alkyl halides is 3. The summed E-state index contributed by atoms with van der Waals surface area (Å²) in [4.78, 5) is 27.5. The van der Waals surface area contributed by atoms with E-state index in [4.69, 9.17) is 9.47 Å². The summed E-state index contributed by atoms with van der Waals surface area (Å²) in [6.45, 7) is 4.06. The Labute approximate surface area is 161 Å². The van der Waals surface area contributed by atoms with Crippen molar-refractivity contribution in [1.29, 1.82) is 0 Å². The van der Waals surface area contributed by atoms with Crippen molar-refractivity contribution in [3.63, 3.8) is 0 Å². The largest absolute Gasteiger partial charge is 0.454 e. The van der Waals surface area contributed by atoms with Gasteiger partial charge < -0.3 is 19.3 Å². The van der Waals surface area contributed by atoms with Gasteiger partial charge in [-0.3, -0.25) is 9.59 Å². The maximum atomic E-state index is 13.0. The van der Waals surface area contributed by atoms with E-state index in [1.165, 1.54) is 4.90 Å². The van der Waals surface area contributed by atoms with Gasteiger partial charge in [0.1, 0.15) is 6.54 Å². The van der Waals surface area contributed by atoms with Crippen LogP contribution in [-0.2, 0) is 9.59 Å². The summed E-state index contributed by atoms with van der Waals surface area (Å²) in [6, 6.07) is 4.96. The van der Waals surface area contributed by atoms with Gasteiger partial charge in [0, 0.05) is 31.3 Å². The molecule has 9 heteroatoms. The monoisotopic (exact) mass is 400 g/mol. The Bertz CT molecular complexity index is 757. The molecule has 0 N–H and O–H groups in total. The van der Waals surface area contributed by atoms with E-state index in [0.29, 0.717) is 17.2 Å². The summed E-state index contributed by atoms with van der Waals surface area (Å²) >= 11 is 0. The van der Waals surface area contributed by atoms with Crippen molar-refractivity contribution in [3.05, 3.63) is 18.2 Å². The van der Waals surface area contributed by atoms with Crippen molar-refractivity contribution in [2.45, 2.75) is 33.4 Å². The number of benzene rings is 1. The highest BCUT2D eigenvalue weighted by atomic mass is 19.4. The molecule has 154 valence electrons. The summed E-state index contributed by atoms with van der Waals surface area (Å²) in [5.41, 5.74) is 0.0308. The van der Waals surface area contributed by atoms with Crippen molar-refractivity contribution >= 4 is 17.5 Å². The molecule has 2 heterocycles. The Morgan fingerprint density at radius 3 is 2.50 bits per heavy atom. The maximum Gasteiger partial charge on any atom is 0.406 e. The molecule has 0 spiro atoms. The molecule has 2 aliphatic rings. The fourth-order valence-electron chi connectivity index (χ4n) is 3.43. The lowest BCUT2D eigenvalue weighted by molar-refractivity contribution is -0.165.